The van der Waals surface area contributed by atoms with E-state index in [0.29, 0.717) is 5.75 Å². The molecule has 2 amide bonds. The van der Waals surface area contributed by atoms with Crippen LogP contribution in [0.4, 0.5) is 5.95 Å². The van der Waals surface area contributed by atoms with Crippen LogP contribution in [0.15, 0.2) is 41.6 Å². The fourth-order valence-corrected chi connectivity index (χ4v) is 3.81. The Morgan fingerprint density at radius 1 is 0.805 bits per heavy atom. The van der Waals surface area contributed by atoms with Crippen LogP contribution in [0.1, 0.15) is 10.4 Å². The number of aromatic nitrogens is 2. The van der Waals surface area contributed by atoms with Gasteiger partial charge in [0.05, 0.1) is 57.2 Å². The molecule has 0 radical (unpaired) electrons. The van der Waals surface area contributed by atoms with E-state index >= 15 is 0 Å². The van der Waals surface area contributed by atoms with Crippen LogP contribution in [-0.4, -0.2) is 114 Å². The molecule has 1 heterocycles. The van der Waals surface area contributed by atoms with Crippen molar-refractivity contribution in [1.29, 1.82) is 0 Å². The van der Waals surface area contributed by atoms with E-state index in [4.69, 9.17) is 28.8 Å². The number of methoxy groups -OCH3 is 1. The highest BCUT2D eigenvalue weighted by Gasteiger charge is 2.16. The molecule has 0 saturated carbocycles. The molecular weight excluding hydrogens is 566 g/mol. The largest absolute Gasteiger partial charge is 0.497 e. The summed E-state index contributed by atoms with van der Waals surface area (Å²) in [5.41, 5.74) is 0.128. The molecular formula is C24H33N5O11S. The number of aliphatic carboxylic acids is 1. The minimum atomic E-state index is -3.92. The zero-order chi connectivity index (χ0) is 29.9. The van der Waals surface area contributed by atoms with Crippen molar-refractivity contribution in [3.8, 4) is 5.75 Å². The van der Waals surface area contributed by atoms with Crippen molar-refractivity contribution in [3.05, 3.63) is 42.2 Å². The molecule has 0 bridgehead atoms. The van der Waals surface area contributed by atoms with Gasteiger partial charge in [-0.15, -0.1) is 0 Å². The zero-order valence-corrected chi connectivity index (χ0v) is 23.2. The first-order chi connectivity index (χ1) is 19.7. The molecule has 0 aliphatic heterocycles. The van der Waals surface area contributed by atoms with Crippen molar-refractivity contribution in [2.75, 3.05) is 77.8 Å². The van der Waals surface area contributed by atoms with E-state index < -0.39 is 21.9 Å². The molecule has 41 heavy (non-hydrogen) atoms. The Hall–Kier alpha value is -3.90. The number of hydrogen-bond acceptors (Lipinski definition) is 12. The van der Waals surface area contributed by atoms with E-state index in [9.17, 15) is 22.8 Å². The van der Waals surface area contributed by atoms with E-state index in [2.05, 4.69) is 25.3 Å². The van der Waals surface area contributed by atoms with Crippen LogP contribution in [0.25, 0.3) is 0 Å². The number of sulfonamides is 1. The smallest absolute Gasteiger partial charge is 0.329 e. The number of carboxylic acids is 1. The predicted molar refractivity (Wildman–Crippen MR) is 142 cm³/mol. The molecule has 2 aromatic rings. The number of amides is 2. The number of carboxylic acid groups (broad SMARTS) is 1. The summed E-state index contributed by atoms with van der Waals surface area (Å²) in [4.78, 5) is 41.9. The van der Waals surface area contributed by atoms with E-state index in [-0.39, 0.29) is 88.3 Å². The van der Waals surface area contributed by atoms with Gasteiger partial charge in [0, 0.05) is 25.5 Å². The highest BCUT2D eigenvalue weighted by atomic mass is 32.2. The normalized spacial score (nSPS) is 11.0. The Kier molecular flexibility index (Phi) is 15.0. The van der Waals surface area contributed by atoms with Gasteiger partial charge in [-0.25, -0.2) is 27.9 Å². The van der Waals surface area contributed by atoms with Gasteiger partial charge in [-0.1, -0.05) is 0 Å². The number of hydrogen-bond donors (Lipinski definition) is 4. The van der Waals surface area contributed by atoms with Crippen molar-refractivity contribution in [1.82, 2.24) is 20.6 Å². The second-order valence-corrected chi connectivity index (χ2v) is 9.59. The molecule has 1 aromatic heterocycles. The summed E-state index contributed by atoms with van der Waals surface area (Å²) >= 11 is 0. The number of carbonyl (C=O) groups is 3. The monoisotopic (exact) mass is 599 g/mol. The van der Waals surface area contributed by atoms with Crippen LogP contribution >= 0.6 is 0 Å². The molecule has 0 atom stereocenters. The standard InChI is InChI=1S/C24H33N5O11S/c1-36-19-2-4-20(5-3-19)41(34,35)29-24-27-14-18(15-28-24)23(33)26-7-9-38-10-12-39-16-21(30)25-6-8-37-11-13-40-17-22(31)32/h2-5,14-15H,6-13,16-17H2,1H3,(H,25,30)(H,26,33)(H,31,32)(H,27,28,29). The molecule has 226 valence electrons. The van der Waals surface area contributed by atoms with Crippen LogP contribution < -0.4 is 20.1 Å². The first-order valence-electron chi connectivity index (χ1n) is 12.3. The van der Waals surface area contributed by atoms with Crippen LogP contribution in [0.5, 0.6) is 5.75 Å². The number of ether oxygens (including phenoxy) is 5. The van der Waals surface area contributed by atoms with Crippen LogP contribution in [0.2, 0.25) is 0 Å². The first kappa shape index (κ1) is 33.3. The topological polar surface area (TPSA) is 214 Å². The molecule has 0 aliphatic carbocycles. The van der Waals surface area contributed by atoms with Gasteiger partial charge in [-0.05, 0) is 24.3 Å². The van der Waals surface area contributed by atoms with Crippen LogP contribution in [0.3, 0.4) is 0 Å². The lowest BCUT2D eigenvalue weighted by molar-refractivity contribution is -0.142. The molecule has 0 aliphatic rings. The Morgan fingerprint density at radius 3 is 1.95 bits per heavy atom. The van der Waals surface area contributed by atoms with Crippen molar-refractivity contribution in [3.63, 3.8) is 0 Å². The predicted octanol–water partition coefficient (Wildman–Crippen LogP) is -0.717. The van der Waals surface area contributed by atoms with Gasteiger partial charge >= 0.3 is 5.97 Å². The van der Waals surface area contributed by atoms with E-state index in [1.54, 1.807) is 0 Å². The molecule has 17 heteroatoms. The Balaban J connectivity index is 1.52. The first-order valence-corrected chi connectivity index (χ1v) is 13.8. The van der Waals surface area contributed by atoms with Crippen LogP contribution in [-0.2, 0) is 38.6 Å². The van der Waals surface area contributed by atoms with Gasteiger partial charge in [0.2, 0.25) is 11.9 Å². The maximum atomic E-state index is 12.5. The molecule has 2 rings (SSSR count). The number of nitrogens with zero attached hydrogens (tertiary/aromatic N) is 2. The molecule has 16 nitrogen and oxygen atoms in total. The van der Waals surface area contributed by atoms with Gasteiger partial charge in [0.15, 0.2) is 0 Å². The maximum Gasteiger partial charge on any atom is 0.329 e. The van der Waals surface area contributed by atoms with E-state index in [1.807, 2.05) is 0 Å². The van der Waals surface area contributed by atoms with E-state index in [0.717, 1.165) is 0 Å². The Labute approximate surface area is 236 Å². The third kappa shape index (κ3) is 13.8. The average Bonchev–Trinajstić information content (AvgIpc) is 2.95. The number of carbonyl (C=O) groups excluding carboxylic acids is 2. The fourth-order valence-electron chi connectivity index (χ4n) is 2.85. The highest BCUT2D eigenvalue weighted by Crippen LogP contribution is 2.17. The second kappa shape index (κ2) is 18.4. The molecule has 1 aromatic carbocycles. The lowest BCUT2D eigenvalue weighted by Crippen LogP contribution is -2.31. The molecule has 0 spiro atoms. The molecule has 4 N–H and O–H groups in total. The number of nitrogens with one attached hydrogen (secondary N) is 3. The Bertz CT molecular complexity index is 1200. The van der Waals surface area contributed by atoms with Crippen molar-refractivity contribution >= 4 is 33.8 Å². The summed E-state index contributed by atoms with van der Waals surface area (Å²) in [6.45, 7) is 1.08. The minimum Gasteiger partial charge on any atom is -0.497 e. The third-order valence-corrected chi connectivity index (χ3v) is 6.16. The molecule has 0 fully saturated rings. The Morgan fingerprint density at radius 2 is 1.37 bits per heavy atom. The summed E-state index contributed by atoms with van der Waals surface area (Å²) in [6, 6.07) is 5.77. The van der Waals surface area contributed by atoms with Crippen LogP contribution in [0, 0.1) is 0 Å². The average molecular weight is 600 g/mol. The third-order valence-electron chi connectivity index (χ3n) is 4.81. The van der Waals surface area contributed by atoms with Crippen molar-refractivity contribution in [2.24, 2.45) is 0 Å². The quantitative estimate of drug-likeness (QED) is 0.131. The van der Waals surface area contributed by atoms with Gasteiger partial charge in [-0.3, -0.25) is 9.59 Å². The summed E-state index contributed by atoms with van der Waals surface area (Å²) in [5.74, 6) is -1.54. The molecule has 0 unspecified atom stereocenters. The van der Waals surface area contributed by atoms with Gasteiger partial charge in [-0.2, -0.15) is 0 Å². The summed E-state index contributed by atoms with van der Waals surface area (Å²) in [6.07, 6.45) is 2.38. The maximum absolute atomic E-state index is 12.5. The lowest BCUT2D eigenvalue weighted by Gasteiger charge is -2.09. The van der Waals surface area contributed by atoms with Gasteiger partial charge in [0.1, 0.15) is 19.0 Å². The van der Waals surface area contributed by atoms with Gasteiger partial charge < -0.3 is 39.4 Å². The second-order valence-electron chi connectivity index (χ2n) is 7.91. The van der Waals surface area contributed by atoms with Crippen molar-refractivity contribution in [2.45, 2.75) is 4.90 Å². The summed E-state index contributed by atoms with van der Waals surface area (Å²) < 4.78 is 52.7. The lowest BCUT2D eigenvalue weighted by atomic mass is 10.3. The summed E-state index contributed by atoms with van der Waals surface area (Å²) in [7, 11) is -2.45. The number of benzene rings is 1. The number of rotatable bonds is 21. The highest BCUT2D eigenvalue weighted by molar-refractivity contribution is 7.92. The molecule has 0 saturated heterocycles. The van der Waals surface area contributed by atoms with E-state index in [1.165, 1.54) is 43.8 Å². The SMILES string of the molecule is COc1ccc(S(=O)(=O)Nc2ncc(C(=O)NCCOCCOCC(=O)NCCOCCOCC(=O)O)cn2)cc1. The summed E-state index contributed by atoms with van der Waals surface area (Å²) in [5, 5.41) is 13.6. The minimum absolute atomic E-state index is 0.00144. The van der Waals surface area contributed by atoms with Crippen molar-refractivity contribution < 1.29 is 51.6 Å². The number of anilines is 1. The zero-order valence-electron chi connectivity index (χ0n) is 22.4. The van der Waals surface area contributed by atoms with Gasteiger partial charge in [0.25, 0.3) is 15.9 Å². The fraction of sp³-hybridized carbons (Fsp3) is 0.458.